The van der Waals surface area contributed by atoms with Gasteiger partial charge in [-0.05, 0) is 47.0 Å². The van der Waals surface area contributed by atoms with E-state index in [0.29, 0.717) is 6.42 Å². The number of hydrogen-bond donors (Lipinski definition) is 2. The van der Waals surface area contributed by atoms with Gasteiger partial charge < -0.3 is 5.11 Å². The van der Waals surface area contributed by atoms with Gasteiger partial charge in [0.1, 0.15) is 5.82 Å². The summed E-state index contributed by atoms with van der Waals surface area (Å²) in [5.74, 6) is -0.621. The third-order valence-electron chi connectivity index (χ3n) is 2.78. The van der Waals surface area contributed by atoms with Crippen molar-refractivity contribution in [1.82, 2.24) is 4.72 Å². The largest absolute Gasteiger partial charge is 0.392 e. The molecule has 0 aliphatic rings. The van der Waals surface area contributed by atoms with Gasteiger partial charge in [-0.2, -0.15) is 11.3 Å². The van der Waals surface area contributed by atoms with Crippen molar-refractivity contribution in [2.75, 3.05) is 6.54 Å². The zero-order valence-corrected chi connectivity index (χ0v) is 12.2. The smallest absolute Gasteiger partial charge is 0.240 e. The molecule has 1 aromatic heterocycles. The molecule has 0 radical (unpaired) electrons. The van der Waals surface area contributed by atoms with Crippen molar-refractivity contribution in [3.8, 4) is 0 Å². The minimum atomic E-state index is -3.69. The summed E-state index contributed by atoms with van der Waals surface area (Å²) >= 11 is 1.55. The van der Waals surface area contributed by atoms with Gasteiger partial charge >= 0.3 is 0 Å². The van der Waals surface area contributed by atoms with Crippen LogP contribution in [0, 0.1) is 5.82 Å². The molecule has 108 valence electrons. The van der Waals surface area contributed by atoms with Crippen LogP contribution in [0.4, 0.5) is 4.39 Å². The van der Waals surface area contributed by atoms with Crippen molar-refractivity contribution in [1.29, 1.82) is 0 Å². The molecule has 0 aliphatic heterocycles. The topological polar surface area (TPSA) is 66.4 Å². The molecule has 1 heterocycles. The fourth-order valence-corrected chi connectivity index (χ4v) is 3.47. The van der Waals surface area contributed by atoms with Crippen LogP contribution in [0.1, 0.15) is 11.1 Å². The van der Waals surface area contributed by atoms with E-state index >= 15 is 0 Å². The Morgan fingerprint density at radius 2 is 2.10 bits per heavy atom. The number of hydrogen-bond acceptors (Lipinski definition) is 4. The van der Waals surface area contributed by atoms with Gasteiger partial charge in [-0.15, -0.1) is 0 Å². The second-order valence-corrected chi connectivity index (χ2v) is 6.74. The van der Waals surface area contributed by atoms with Crippen LogP contribution < -0.4 is 4.72 Å². The highest BCUT2D eigenvalue weighted by Gasteiger charge is 2.15. The molecule has 0 amide bonds. The molecule has 20 heavy (non-hydrogen) atoms. The third-order valence-corrected chi connectivity index (χ3v) is 4.97. The molecule has 2 N–H and O–H groups in total. The maximum absolute atomic E-state index is 13.2. The first kappa shape index (κ1) is 15.1. The average Bonchev–Trinajstić information content (AvgIpc) is 2.92. The van der Waals surface area contributed by atoms with Gasteiger partial charge in [0.25, 0.3) is 0 Å². The Morgan fingerprint density at radius 3 is 2.75 bits per heavy atom. The molecule has 4 nitrogen and oxygen atoms in total. The van der Waals surface area contributed by atoms with Crippen LogP contribution in [0.3, 0.4) is 0 Å². The Bertz CT molecular complexity index is 669. The SMILES string of the molecule is O=S(=O)(NCCc1ccsc1)c1ccc(F)c(CO)c1. The summed E-state index contributed by atoms with van der Waals surface area (Å²) in [6, 6.07) is 5.30. The van der Waals surface area contributed by atoms with Crippen molar-refractivity contribution in [3.63, 3.8) is 0 Å². The fraction of sp³-hybridized carbons (Fsp3) is 0.231. The van der Waals surface area contributed by atoms with Crippen molar-refractivity contribution in [3.05, 3.63) is 52.0 Å². The van der Waals surface area contributed by atoms with Gasteiger partial charge in [0, 0.05) is 12.1 Å². The number of aliphatic hydroxyl groups is 1. The van der Waals surface area contributed by atoms with E-state index in [2.05, 4.69) is 4.72 Å². The van der Waals surface area contributed by atoms with Crippen LogP contribution in [0.15, 0.2) is 39.9 Å². The first-order chi connectivity index (χ1) is 9.53. The van der Waals surface area contributed by atoms with Crippen LogP contribution in [0.25, 0.3) is 0 Å². The van der Waals surface area contributed by atoms with Crippen LogP contribution in [-0.4, -0.2) is 20.1 Å². The fourth-order valence-electron chi connectivity index (χ4n) is 1.69. The molecule has 0 spiro atoms. The molecule has 0 saturated carbocycles. The predicted molar refractivity (Wildman–Crippen MR) is 75.5 cm³/mol. The second kappa shape index (κ2) is 6.45. The molecule has 0 fully saturated rings. The minimum absolute atomic E-state index is 0.0364. The highest BCUT2D eigenvalue weighted by molar-refractivity contribution is 7.89. The summed E-state index contributed by atoms with van der Waals surface area (Å²) in [4.78, 5) is -0.0479. The van der Waals surface area contributed by atoms with E-state index < -0.39 is 22.4 Å². The van der Waals surface area contributed by atoms with Gasteiger partial charge in [-0.1, -0.05) is 0 Å². The molecule has 0 unspecified atom stereocenters. The summed E-state index contributed by atoms with van der Waals surface area (Å²) in [6.07, 6.45) is 0.594. The number of halogens is 1. The molecule has 7 heteroatoms. The van der Waals surface area contributed by atoms with E-state index in [1.54, 1.807) is 11.3 Å². The first-order valence-electron chi connectivity index (χ1n) is 5.93. The van der Waals surface area contributed by atoms with Crippen LogP contribution in [0.2, 0.25) is 0 Å². The third kappa shape index (κ3) is 3.63. The zero-order valence-electron chi connectivity index (χ0n) is 10.5. The maximum atomic E-state index is 13.2. The van der Waals surface area contributed by atoms with Crippen LogP contribution in [0.5, 0.6) is 0 Å². The van der Waals surface area contributed by atoms with E-state index in [9.17, 15) is 12.8 Å². The first-order valence-corrected chi connectivity index (χ1v) is 8.35. The molecule has 0 saturated heterocycles. The van der Waals surface area contributed by atoms with E-state index in [0.717, 1.165) is 17.7 Å². The molecule has 2 rings (SSSR count). The average molecular weight is 315 g/mol. The summed E-state index contributed by atoms with van der Waals surface area (Å²) in [6.45, 7) is -0.269. The summed E-state index contributed by atoms with van der Waals surface area (Å²) in [7, 11) is -3.69. The lowest BCUT2D eigenvalue weighted by molar-refractivity contribution is 0.275. The predicted octanol–water partition coefficient (Wildman–Crippen LogP) is 1.90. The minimum Gasteiger partial charge on any atom is -0.392 e. The molecule has 1 aromatic carbocycles. The standard InChI is InChI=1S/C13H14FNO3S2/c14-13-2-1-12(7-11(13)8-16)20(17,18)15-5-3-10-4-6-19-9-10/h1-2,4,6-7,9,15-16H,3,5,8H2. The molecule has 0 aliphatic carbocycles. The number of benzene rings is 1. The Balaban J connectivity index is 2.06. The monoisotopic (exact) mass is 315 g/mol. The highest BCUT2D eigenvalue weighted by atomic mass is 32.2. The van der Waals surface area contributed by atoms with E-state index in [4.69, 9.17) is 5.11 Å². The molecular formula is C13H14FNO3S2. The highest BCUT2D eigenvalue weighted by Crippen LogP contribution is 2.15. The van der Waals surface area contributed by atoms with Crippen LogP contribution in [-0.2, 0) is 23.1 Å². The van der Waals surface area contributed by atoms with Crippen molar-refractivity contribution < 1.29 is 17.9 Å². The number of aliphatic hydroxyl groups excluding tert-OH is 1. The zero-order chi connectivity index (χ0) is 14.6. The van der Waals surface area contributed by atoms with E-state index in [1.165, 1.54) is 6.07 Å². The van der Waals surface area contributed by atoms with E-state index in [-0.39, 0.29) is 17.0 Å². The normalized spacial score (nSPS) is 11.7. The lowest BCUT2D eigenvalue weighted by atomic mass is 10.2. The van der Waals surface area contributed by atoms with Gasteiger partial charge in [0.2, 0.25) is 10.0 Å². The summed E-state index contributed by atoms with van der Waals surface area (Å²) in [5.41, 5.74) is 1.03. The number of sulfonamides is 1. The van der Waals surface area contributed by atoms with Gasteiger partial charge in [0.05, 0.1) is 11.5 Å². The van der Waals surface area contributed by atoms with Crippen molar-refractivity contribution in [2.45, 2.75) is 17.9 Å². The lowest BCUT2D eigenvalue weighted by Gasteiger charge is -2.08. The lowest BCUT2D eigenvalue weighted by Crippen LogP contribution is -2.26. The van der Waals surface area contributed by atoms with Gasteiger partial charge in [-0.3, -0.25) is 0 Å². The van der Waals surface area contributed by atoms with Crippen LogP contribution >= 0.6 is 11.3 Å². The summed E-state index contributed by atoms with van der Waals surface area (Å²) in [5, 5.41) is 12.8. The Hall–Kier alpha value is -1.28. The summed E-state index contributed by atoms with van der Waals surface area (Å²) < 4.78 is 39.7. The Kier molecular flexibility index (Phi) is 4.87. The molecule has 2 aromatic rings. The Morgan fingerprint density at radius 1 is 1.30 bits per heavy atom. The number of nitrogens with one attached hydrogen (secondary N) is 1. The van der Waals surface area contributed by atoms with E-state index in [1.807, 2.05) is 16.8 Å². The molecular weight excluding hydrogens is 301 g/mol. The quantitative estimate of drug-likeness (QED) is 0.855. The number of rotatable bonds is 6. The van der Waals surface area contributed by atoms with Crippen molar-refractivity contribution >= 4 is 21.4 Å². The second-order valence-electron chi connectivity index (χ2n) is 4.19. The molecule has 0 bridgehead atoms. The van der Waals surface area contributed by atoms with Crippen molar-refractivity contribution in [2.24, 2.45) is 0 Å². The Labute approximate surface area is 120 Å². The van der Waals surface area contributed by atoms with Gasteiger partial charge in [-0.25, -0.2) is 17.5 Å². The van der Waals surface area contributed by atoms with Gasteiger partial charge in [0.15, 0.2) is 0 Å². The maximum Gasteiger partial charge on any atom is 0.240 e. The molecule has 0 atom stereocenters. The number of thiophene rings is 1.